The van der Waals surface area contributed by atoms with E-state index in [1.165, 1.54) is 0 Å². The number of aliphatic hydroxyl groups excluding tert-OH is 1. The lowest BCUT2D eigenvalue weighted by molar-refractivity contribution is 0.276. The molecule has 3 rings (SSSR count). The summed E-state index contributed by atoms with van der Waals surface area (Å²) >= 11 is 0. The van der Waals surface area contributed by atoms with Crippen LogP contribution in [0.2, 0.25) is 0 Å². The van der Waals surface area contributed by atoms with Crippen molar-refractivity contribution in [2.45, 2.75) is 6.04 Å². The highest BCUT2D eigenvalue weighted by Gasteiger charge is 2.11. The minimum absolute atomic E-state index is 0.0230. The van der Waals surface area contributed by atoms with Crippen molar-refractivity contribution >= 4 is 5.69 Å². The molecule has 0 aliphatic rings. The first-order chi connectivity index (χ1) is 11.3. The molecule has 3 N–H and O–H groups in total. The molecule has 1 atom stereocenters. The van der Waals surface area contributed by atoms with E-state index in [4.69, 9.17) is 0 Å². The number of aromatic nitrogens is 1. The van der Waals surface area contributed by atoms with Gasteiger partial charge in [-0.2, -0.15) is 0 Å². The van der Waals surface area contributed by atoms with Crippen LogP contribution in [-0.2, 0) is 0 Å². The topological polar surface area (TPSA) is 65.4 Å². The quantitative estimate of drug-likeness (QED) is 0.674. The van der Waals surface area contributed by atoms with Crippen LogP contribution >= 0.6 is 0 Å². The van der Waals surface area contributed by atoms with Crippen molar-refractivity contribution in [1.29, 1.82) is 0 Å². The van der Waals surface area contributed by atoms with Gasteiger partial charge in [0.25, 0.3) is 0 Å². The van der Waals surface area contributed by atoms with Gasteiger partial charge in [0.15, 0.2) is 0 Å². The maximum Gasteiger partial charge on any atom is 0.123 e. The first kappa shape index (κ1) is 15.1. The van der Waals surface area contributed by atoms with Crippen LogP contribution in [0.1, 0.15) is 11.6 Å². The average molecular weight is 306 g/mol. The normalized spacial score (nSPS) is 11.9. The van der Waals surface area contributed by atoms with Crippen molar-refractivity contribution in [2.24, 2.45) is 0 Å². The van der Waals surface area contributed by atoms with Crippen LogP contribution < -0.4 is 5.32 Å². The molecule has 4 heteroatoms. The number of nitrogens with one attached hydrogen (secondary N) is 1. The van der Waals surface area contributed by atoms with E-state index in [2.05, 4.69) is 10.3 Å². The fourth-order valence-electron chi connectivity index (χ4n) is 2.50. The zero-order chi connectivity index (χ0) is 16.1. The number of benzene rings is 2. The Hall–Kier alpha value is -2.85. The molecule has 0 bridgehead atoms. The molecule has 4 nitrogen and oxygen atoms in total. The molecule has 23 heavy (non-hydrogen) atoms. The van der Waals surface area contributed by atoms with Gasteiger partial charge in [-0.05, 0) is 17.7 Å². The van der Waals surface area contributed by atoms with Crippen molar-refractivity contribution in [3.63, 3.8) is 0 Å². The number of rotatable bonds is 5. The molecule has 0 amide bonds. The number of aromatic hydroxyl groups is 1. The van der Waals surface area contributed by atoms with E-state index in [0.717, 1.165) is 22.4 Å². The largest absolute Gasteiger partial charge is 0.507 e. The number of phenols is 1. The van der Waals surface area contributed by atoms with Crippen LogP contribution in [0.5, 0.6) is 5.75 Å². The number of hydrogen-bond donors (Lipinski definition) is 3. The van der Waals surface area contributed by atoms with Crippen LogP contribution in [0.25, 0.3) is 11.1 Å². The van der Waals surface area contributed by atoms with Gasteiger partial charge >= 0.3 is 0 Å². The van der Waals surface area contributed by atoms with Crippen molar-refractivity contribution in [3.8, 4) is 16.9 Å². The molecule has 0 saturated heterocycles. The Labute approximate surface area is 135 Å². The van der Waals surface area contributed by atoms with Crippen LogP contribution in [0.4, 0.5) is 5.69 Å². The number of aliphatic hydroxyl groups is 1. The fraction of sp³-hybridized carbons (Fsp3) is 0.105. The van der Waals surface area contributed by atoms with Crippen molar-refractivity contribution in [2.75, 3.05) is 11.9 Å². The van der Waals surface area contributed by atoms with E-state index in [1.807, 2.05) is 48.5 Å². The van der Waals surface area contributed by atoms with E-state index in [0.29, 0.717) is 0 Å². The van der Waals surface area contributed by atoms with Crippen LogP contribution in [0.15, 0.2) is 73.1 Å². The molecule has 3 aromatic rings. The lowest BCUT2D eigenvalue weighted by atomic mass is 10.1. The second kappa shape index (κ2) is 6.94. The Morgan fingerprint density at radius 3 is 2.43 bits per heavy atom. The van der Waals surface area contributed by atoms with Gasteiger partial charge in [0, 0.05) is 23.5 Å². The summed E-state index contributed by atoms with van der Waals surface area (Å²) < 4.78 is 0. The smallest absolute Gasteiger partial charge is 0.123 e. The summed E-state index contributed by atoms with van der Waals surface area (Å²) in [5, 5.41) is 22.9. The van der Waals surface area contributed by atoms with E-state index in [1.54, 1.807) is 24.5 Å². The Morgan fingerprint density at radius 2 is 1.70 bits per heavy atom. The lowest BCUT2D eigenvalue weighted by Gasteiger charge is -2.18. The number of hydrogen-bond acceptors (Lipinski definition) is 4. The van der Waals surface area contributed by atoms with Crippen molar-refractivity contribution < 1.29 is 10.2 Å². The molecule has 116 valence electrons. The van der Waals surface area contributed by atoms with E-state index < -0.39 is 0 Å². The molecule has 0 aliphatic carbocycles. The third-order valence-electron chi connectivity index (χ3n) is 3.68. The summed E-state index contributed by atoms with van der Waals surface area (Å²) in [5.74, 6) is 0.216. The first-order valence-corrected chi connectivity index (χ1v) is 7.43. The SMILES string of the molecule is OC[C@H](Nc1cncc(-c2ccccc2O)c1)c1ccccc1. The third kappa shape index (κ3) is 3.49. The average Bonchev–Trinajstić information content (AvgIpc) is 2.61. The second-order valence-electron chi connectivity index (χ2n) is 5.27. The van der Waals surface area contributed by atoms with Gasteiger partial charge in [-0.25, -0.2) is 0 Å². The molecule has 0 saturated carbocycles. The van der Waals surface area contributed by atoms with Crippen LogP contribution in [0, 0.1) is 0 Å². The highest BCUT2D eigenvalue weighted by molar-refractivity contribution is 5.72. The number of anilines is 1. The molecule has 0 spiro atoms. The van der Waals surface area contributed by atoms with Gasteiger partial charge in [-0.3, -0.25) is 4.98 Å². The number of para-hydroxylation sites is 1. The minimum atomic E-state index is -0.211. The van der Waals surface area contributed by atoms with Gasteiger partial charge < -0.3 is 15.5 Å². The summed E-state index contributed by atoms with van der Waals surface area (Å²) in [6.45, 7) is -0.0230. The van der Waals surface area contributed by atoms with Gasteiger partial charge in [0.1, 0.15) is 5.75 Å². The van der Waals surface area contributed by atoms with Crippen LogP contribution in [0.3, 0.4) is 0 Å². The zero-order valence-corrected chi connectivity index (χ0v) is 12.6. The highest BCUT2D eigenvalue weighted by Crippen LogP contribution is 2.30. The van der Waals surface area contributed by atoms with Crippen LogP contribution in [-0.4, -0.2) is 21.8 Å². The molecule has 1 heterocycles. The van der Waals surface area contributed by atoms with Gasteiger partial charge in [0.05, 0.1) is 18.3 Å². The molecule has 0 radical (unpaired) electrons. The molecule has 0 fully saturated rings. The van der Waals surface area contributed by atoms with E-state index >= 15 is 0 Å². The van der Waals surface area contributed by atoms with Gasteiger partial charge in [0.2, 0.25) is 0 Å². The van der Waals surface area contributed by atoms with E-state index in [9.17, 15) is 10.2 Å². The zero-order valence-electron chi connectivity index (χ0n) is 12.6. The Kier molecular flexibility index (Phi) is 4.54. The highest BCUT2D eigenvalue weighted by atomic mass is 16.3. The van der Waals surface area contributed by atoms with Gasteiger partial charge in [-0.1, -0.05) is 48.5 Å². The summed E-state index contributed by atoms with van der Waals surface area (Å²) in [5.41, 5.74) is 3.33. The number of pyridine rings is 1. The number of phenolic OH excluding ortho intramolecular Hbond substituents is 1. The fourth-order valence-corrected chi connectivity index (χ4v) is 2.50. The Bertz CT molecular complexity index is 775. The maximum absolute atomic E-state index is 9.97. The van der Waals surface area contributed by atoms with Gasteiger partial charge in [-0.15, -0.1) is 0 Å². The van der Waals surface area contributed by atoms with Crippen molar-refractivity contribution in [1.82, 2.24) is 4.98 Å². The molecule has 2 aromatic carbocycles. The summed E-state index contributed by atoms with van der Waals surface area (Å²) in [6, 6.07) is 18.6. The molecule has 0 aliphatic heterocycles. The monoisotopic (exact) mass is 306 g/mol. The molecular formula is C19H18N2O2. The standard InChI is InChI=1S/C19H18N2O2/c22-13-18(14-6-2-1-3-7-14)21-16-10-15(11-20-12-16)17-8-4-5-9-19(17)23/h1-12,18,21-23H,13H2/t18-/m0/s1. The summed E-state index contributed by atoms with van der Waals surface area (Å²) in [6.07, 6.45) is 3.41. The first-order valence-electron chi connectivity index (χ1n) is 7.43. The predicted octanol–water partition coefficient (Wildman–Crippen LogP) is 3.60. The summed E-state index contributed by atoms with van der Waals surface area (Å²) in [7, 11) is 0. The lowest BCUT2D eigenvalue weighted by Crippen LogP contribution is -2.14. The Morgan fingerprint density at radius 1 is 0.957 bits per heavy atom. The molecule has 1 aromatic heterocycles. The predicted molar refractivity (Wildman–Crippen MR) is 91.2 cm³/mol. The number of nitrogens with zero attached hydrogens (tertiary/aromatic N) is 1. The third-order valence-corrected chi connectivity index (χ3v) is 3.68. The Balaban J connectivity index is 1.87. The molecular weight excluding hydrogens is 288 g/mol. The molecule has 0 unspecified atom stereocenters. The van der Waals surface area contributed by atoms with Crippen molar-refractivity contribution in [3.05, 3.63) is 78.6 Å². The summed E-state index contributed by atoms with van der Waals surface area (Å²) in [4.78, 5) is 4.23. The maximum atomic E-state index is 9.97. The van der Waals surface area contributed by atoms with E-state index in [-0.39, 0.29) is 18.4 Å². The second-order valence-corrected chi connectivity index (χ2v) is 5.27. The minimum Gasteiger partial charge on any atom is -0.507 e.